The van der Waals surface area contributed by atoms with Gasteiger partial charge >= 0.3 is 6.18 Å². The molecule has 2 N–H and O–H groups in total. The second-order valence-corrected chi connectivity index (χ2v) is 9.82. The third kappa shape index (κ3) is 5.53. The molecule has 0 bridgehead atoms. The zero-order valence-corrected chi connectivity index (χ0v) is 21.7. The van der Waals surface area contributed by atoms with Crippen LogP contribution in [0, 0.1) is 18.8 Å². The van der Waals surface area contributed by atoms with Crippen LogP contribution < -0.4 is 5.73 Å². The summed E-state index contributed by atoms with van der Waals surface area (Å²) in [6.07, 6.45) is -1.12. The summed E-state index contributed by atoms with van der Waals surface area (Å²) in [5.74, 6) is 5.44. The van der Waals surface area contributed by atoms with Crippen LogP contribution in [0.5, 0.6) is 0 Å². The van der Waals surface area contributed by atoms with Gasteiger partial charge in [-0.2, -0.15) is 13.2 Å². The lowest BCUT2D eigenvalue weighted by Crippen LogP contribution is -2.44. The van der Waals surface area contributed by atoms with E-state index in [1.165, 1.54) is 12.1 Å². The monoisotopic (exact) mass is 531 g/mol. The van der Waals surface area contributed by atoms with E-state index in [0.29, 0.717) is 35.5 Å². The maximum atomic E-state index is 14.3. The molecule has 6 nitrogen and oxygen atoms in total. The largest absolute Gasteiger partial charge is 0.416 e. The molecule has 0 atom stereocenters. The number of aromatic nitrogens is 2. The molecule has 2 aromatic heterocycles. The van der Waals surface area contributed by atoms with E-state index in [-0.39, 0.29) is 23.2 Å². The molecule has 9 heteroatoms. The number of primary amides is 1. The van der Waals surface area contributed by atoms with Crippen LogP contribution in [-0.2, 0) is 12.7 Å². The Labute approximate surface area is 224 Å². The Morgan fingerprint density at radius 3 is 2.54 bits per heavy atom. The van der Waals surface area contributed by atoms with Gasteiger partial charge in [0.1, 0.15) is 11.3 Å². The fourth-order valence-electron chi connectivity index (χ4n) is 4.91. The zero-order valence-electron chi connectivity index (χ0n) is 21.7. The van der Waals surface area contributed by atoms with E-state index in [4.69, 9.17) is 5.73 Å². The molecule has 1 aliphatic heterocycles. The first-order valence-electron chi connectivity index (χ1n) is 12.6. The third-order valence-electron chi connectivity index (χ3n) is 7.11. The Bertz CT molecular complexity index is 1600. The van der Waals surface area contributed by atoms with Crippen molar-refractivity contribution in [1.82, 2.24) is 19.2 Å². The average molecular weight is 532 g/mol. The van der Waals surface area contributed by atoms with Gasteiger partial charge in [-0.3, -0.25) is 14.1 Å². The van der Waals surface area contributed by atoms with Crippen LogP contribution in [0.15, 0.2) is 60.9 Å². The lowest BCUT2D eigenvalue weighted by atomic mass is 9.89. The first-order chi connectivity index (χ1) is 18.6. The number of halogens is 3. The molecule has 1 amide bonds. The molecule has 1 saturated heterocycles. The number of rotatable bonds is 4. The molecule has 0 spiro atoms. The number of amides is 1. The van der Waals surface area contributed by atoms with Crippen molar-refractivity contribution in [2.45, 2.75) is 19.6 Å². The first-order valence-corrected chi connectivity index (χ1v) is 12.6. The molecule has 0 unspecified atom stereocenters. The lowest BCUT2D eigenvalue weighted by Gasteiger charge is -2.33. The Morgan fingerprint density at radius 2 is 1.82 bits per heavy atom. The van der Waals surface area contributed by atoms with Crippen molar-refractivity contribution in [2.75, 3.05) is 33.2 Å². The number of benzene rings is 2. The number of nitrogens with two attached hydrogens (primary N) is 1. The fourth-order valence-corrected chi connectivity index (χ4v) is 4.91. The summed E-state index contributed by atoms with van der Waals surface area (Å²) < 4.78 is 44.8. The van der Waals surface area contributed by atoms with Crippen LogP contribution in [0.25, 0.3) is 16.8 Å². The van der Waals surface area contributed by atoms with Crippen molar-refractivity contribution in [3.05, 3.63) is 94.4 Å². The highest BCUT2D eigenvalue weighted by Crippen LogP contribution is 2.38. The Morgan fingerprint density at radius 1 is 1.05 bits per heavy atom. The third-order valence-corrected chi connectivity index (χ3v) is 7.11. The summed E-state index contributed by atoms with van der Waals surface area (Å²) in [6.45, 7) is 5.00. The SMILES string of the molecule is Cc1ccc(C(N)=O)c(-c2ccc(CN3CCN(C)CC3)c(C(F)(F)F)c2)c1C#Cc1cnc2ccccn12. The summed E-state index contributed by atoms with van der Waals surface area (Å²) in [5, 5.41) is 0. The van der Waals surface area contributed by atoms with E-state index in [9.17, 15) is 18.0 Å². The van der Waals surface area contributed by atoms with Crippen molar-refractivity contribution in [2.24, 2.45) is 5.73 Å². The van der Waals surface area contributed by atoms with Gasteiger partial charge in [0.2, 0.25) is 5.91 Å². The number of likely N-dealkylation sites (N-methyl/N-ethyl adjacent to an activating group) is 1. The average Bonchev–Trinajstić information content (AvgIpc) is 3.31. The standard InChI is InChI=1S/C30H28F3N5O/c1-20-6-10-25(29(34)39)28(24(20)11-9-23-18-35-27-5-3-4-12-38(23)27)21-7-8-22(26(17-21)30(31,32)33)19-37-15-13-36(2)14-16-37/h3-8,10,12,17-18H,13-16,19H2,1-2H3,(H2,34,39). The van der Waals surface area contributed by atoms with Crippen molar-refractivity contribution in [3.63, 3.8) is 0 Å². The van der Waals surface area contributed by atoms with Gasteiger partial charge in [0.05, 0.1) is 11.8 Å². The summed E-state index contributed by atoms with van der Waals surface area (Å²) in [6, 6.07) is 13.1. The summed E-state index contributed by atoms with van der Waals surface area (Å²) in [4.78, 5) is 20.9. The van der Waals surface area contributed by atoms with Crippen molar-refractivity contribution >= 4 is 11.6 Å². The van der Waals surface area contributed by atoms with Gasteiger partial charge in [-0.05, 0) is 60.8 Å². The Balaban J connectivity index is 1.62. The van der Waals surface area contributed by atoms with Crippen molar-refractivity contribution in [1.29, 1.82) is 0 Å². The Hall–Kier alpha value is -4.13. The quantitative estimate of drug-likeness (QED) is 0.392. The van der Waals surface area contributed by atoms with Gasteiger partial charge in [-0.1, -0.05) is 30.2 Å². The molecule has 1 fully saturated rings. The minimum atomic E-state index is -4.57. The van der Waals surface area contributed by atoms with Crippen molar-refractivity contribution in [3.8, 4) is 23.0 Å². The van der Waals surface area contributed by atoms with Gasteiger partial charge in [0.25, 0.3) is 0 Å². The van der Waals surface area contributed by atoms with Crippen LogP contribution in [0.1, 0.15) is 38.3 Å². The number of nitrogens with zero attached hydrogens (tertiary/aromatic N) is 4. The van der Waals surface area contributed by atoms with Gasteiger partial charge < -0.3 is 10.6 Å². The molecule has 4 aromatic rings. The summed E-state index contributed by atoms with van der Waals surface area (Å²) >= 11 is 0. The minimum absolute atomic E-state index is 0.114. The van der Waals surface area contributed by atoms with E-state index in [2.05, 4.69) is 21.7 Å². The van der Waals surface area contributed by atoms with E-state index < -0.39 is 17.6 Å². The number of alkyl halides is 3. The van der Waals surface area contributed by atoms with Crippen molar-refractivity contribution < 1.29 is 18.0 Å². The second-order valence-electron chi connectivity index (χ2n) is 9.82. The number of imidazole rings is 1. The number of piperazine rings is 1. The molecule has 200 valence electrons. The number of aryl methyl sites for hydroxylation is 1. The molecule has 39 heavy (non-hydrogen) atoms. The molecule has 2 aromatic carbocycles. The minimum Gasteiger partial charge on any atom is -0.366 e. The highest BCUT2D eigenvalue weighted by Gasteiger charge is 2.34. The highest BCUT2D eigenvalue weighted by molar-refractivity contribution is 6.01. The molecule has 0 aliphatic carbocycles. The fraction of sp³-hybridized carbons (Fsp3) is 0.267. The van der Waals surface area contributed by atoms with E-state index in [1.54, 1.807) is 25.3 Å². The normalized spacial score (nSPS) is 14.8. The number of pyridine rings is 1. The van der Waals surface area contributed by atoms with Crippen LogP contribution in [0.3, 0.4) is 0 Å². The van der Waals surface area contributed by atoms with Gasteiger partial charge in [-0.25, -0.2) is 4.98 Å². The molecule has 3 heterocycles. The molecule has 1 aliphatic rings. The molecular formula is C30H28F3N5O. The Kier molecular flexibility index (Phi) is 7.17. The van der Waals surface area contributed by atoms with Gasteiger partial charge in [-0.15, -0.1) is 0 Å². The van der Waals surface area contributed by atoms with E-state index in [1.807, 2.05) is 40.7 Å². The number of carbonyl (C=O) groups is 1. The van der Waals surface area contributed by atoms with Crippen LogP contribution in [0.2, 0.25) is 0 Å². The van der Waals surface area contributed by atoms with Gasteiger partial charge in [0, 0.05) is 55.6 Å². The summed E-state index contributed by atoms with van der Waals surface area (Å²) in [5.41, 5.74) is 8.29. The zero-order chi connectivity index (χ0) is 27.7. The molecule has 0 radical (unpaired) electrons. The number of hydrogen-bond acceptors (Lipinski definition) is 4. The second kappa shape index (κ2) is 10.6. The number of fused-ring (bicyclic) bond motifs is 1. The maximum absolute atomic E-state index is 14.3. The number of carbonyl (C=O) groups excluding carboxylic acids is 1. The van der Waals surface area contributed by atoms with E-state index >= 15 is 0 Å². The van der Waals surface area contributed by atoms with Gasteiger partial charge in [0.15, 0.2) is 0 Å². The topological polar surface area (TPSA) is 66.9 Å². The highest BCUT2D eigenvalue weighted by atomic mass is 19.4. The first kappa shape index (κ1) is 26.5. The smallest absolute Gasteiger partial charge is 0.366 e. The predicted octanol–water partition coefficient (Wildman–Crippen LogP) is 4.57. The maximum Gasteiger partial charge on any atom is 0.416 e. The lowest BCUT2D eigenvalue weighted by molar-refractivity contribution is -0.138. The summed E-state index contributed by atoms with van der Waals surface area (Å²) in [7, 11) is 2.00. The molecule has 0 saturated carbocycles. The van der Waals surface area contributed by atoms with Crippen LogP contribution >= 0.6 is 0 Å². The number of hydrogen-bond donors (Lipinski definition) is 1. The molecule has 5 rings (SSSR count). The van der Waals surface area contributed by atoms with Crippen LogP contribution in [0.4, 0.5) is 13.2 Å². The van der Waals surface area contributed by atoms with E-state index in [0.717, 1.165) is 24.8 Å². The van der Waals surface area contributed by atoms with Crippen LogP contribution in [-0.4, -0.2) is 58.3 Å². The molecular weight excluding hydrogens is 503 g/mol. The predicted molar refractivity (Wildman–Crippen MR) is 144 cm³/mol.